The van der Waals surface area contributed by atoms with Crippen LogP contribution in [0.25, 0.3) is 0 Å². The van der Waals surface area contributed by atoms with E-state index in [9.17, 15) is 13.2 Å². The van der Waals surface area contributed by atoms with Crippen molar-refractivity contribution < 1.29 is 13.2 Å². The van der Waals surface area contributed by atoms with E-state index >= 15 is 0 Å². The molecule has 0 unspecified atom stereocenters. The third kappa shape index (κ3) is 2.89. The summed E-state index contributed by atoms with van der Waals surface area (Å²) in [5, 5.41) is 7.88. The molecule has 1 aromatic heterocycles. The molecular weight excluding hydrogens is 296 g/mol. The van der Waals surface area contributed by atoms with E-state index in [-0.39, 0.29) is 5.91 Å². The molecule has 1 amide bonds. The summed E-state index contributed by atoms with van der Waals surface area (Å²) < 4.78 is 22.9. The van der Waals surface area contributed by atoms with Crippen LogP contribution in [-0.2, 0) is 21.2 Å². The first-order valence-electron chi connectivity index (χ1n) is 6.58. The summed E-state index contributed by atoms with van der Waals surface area (Å²) in [4.78, 5) is 13.5. The van der Waals surface area contributed by atoms with Crippen LogP contribution in [0.1, 0.15) is 23.3 Å². The van der Waals surface area contributed by atoms with Crippen LogP contribution >= 0.6 is 11.3 Å². The molecule has 0 bridgehead atoms. The van der Waals surface area contributed by atoms with Gasteiger partial charge in [0.05, 0.1) is 6.54 Å². The average molecular weight is 316 g/mol. The van der Waals surface area contributed by atoms with E-state index < -0.39 is 14.6 Å². The van der Waals surface area contributed by atoms with E-state index in [4.69, 9.17) is 0 Å². The minimum atomic E-state index is -3.44. The van der Waals surface area contributed by atoms with E-state index in [0.717, 1.165) is 16.7 Å². The quantitative estimate of drug-likeness (QED) is 0.863. The van der Waals surface area contributed by atoms with Crippen molar-refractivity contribution in [3.05, 3.63) is 21.9 Å². The number of aryl methyl sites for hydroxylation is 1. The lowest BCUT2D eigenvalue weighted by Crippen LogP contribution is -2.57. The lowest BCUT2D eigenvalue weighted by molar-refractivity contribution is -0.124. The Bertz CT molecular complexity index is 587. The SMILES string of the molecule is Cc1ccsc1CNC(=O)C1(S(C)(=O)=O)CCNCC1. The maximum Gasteiger partial charge on any atom is 0.241 e. The highest BCUT2D eigenvalue weighted by molar-refractivity contribution is 7.92. The van der Waals surface area contributed by atoms with Crippen molar-refractivity contribution in [2.45, 2.75) is 31.1 Å². The summed E-state index contributed by atoms with van der Waals surface area (Å²) in [7, 11) is -3.44. The van der Waals surface area contributed by atoms with Crippen LogP contribution in [0.3, 0.4) is 0 Å². The van der Waals surface area contributed by atoms with E-state index in [1.807, 2.05) is 18.4 Å². The average Bonchev–Trinajstić information content (AvgIpc) is 2.81. The van der Waals surface area contributed by atoms with Crippen molar-refractivity contribution in [1.82, 2.24) is 10.6 Å². The number of hydrogen-bond acceptors (Lipinski definition) is 5. The van der Waals surface area contributed by atoms with Gasteiger partial charge in [-0.25, -0.2) is 8.42 Å². The van der Waals surface area contributed by atoms with Crippen molar-refractivity contribution in [2.75, 3.05) is 19.3 Å². The molecule has 0 spiro atoms. The summed E-state index contributed by atoms with van der Waals surface area (Å²) in [6, 6.07) is 1.99. The largest absolute Gasteiger partial charge is 0.350 e. The molecule has 1 aliphatic rings. The van der Waals surface area contributed by atoms with Crippen LogP contribution in [0.5, 0.6) is 0 Å². The molecule has 0 aliphatic carbocycles. The normalized spacial score (nSPS) is 18.7. The number of carbonyl (C=O) groups excluding carboxylic acids is 1. The van der Waals surface area contributed by atoms with Crippen molar-refractivity contribution in [2.24, 2.45) is 0 Å². The zero-order valence-electron chi connectivity index (χ0n) is 11.7. The molecular formula is C13H20N2O3S2. The molecule has 1 aromatic rings. The Balaban J connectivity index is 2.14. The summed E-state index contributed by atoms with van der Waals surface area (Å²) >= 11 is 1.57. The number of nitrogens with one attached hydrogen (secondary N) is 2. The summed E-state index contributed by atoms with van der Waals surface area (Å²) in [5.41, 5.74) is 1.12. The predicted molar refractivity (Wildman–Crippen MR) is 80.6 cm³/mol. The first kappa shape index (κ1) is 15.5. The molecule has 7 heteroatoms. The fourth-order valence-electron chi connectivity index (χ4n) is 2.50. The third-order valence-corrected chi connectivity index (χ3v) is 6.95. The lowest BCUT2D eigenvalue weighted by atomic mass is 9.96. The van der Waals surface area contributed by atoms with Crippen LogP contribution in [0.4, 0.5) is 0 Å². The zero-order valence-corrected chi connectivity index (χ0v) is 13.4. The number of carbonyl (C=O) groups is 1. The minimum absolute atomic E-state index is 0.334. The number of piperidine rings is 1. The van der Waals surface area contributed by atoms with E-state index in [0.29, 0.717) is 32.5 Å². The van der Waals surface area contributed by atoms with Gasteiger partial charge in [-0.15, -0.1) is 11.3 Å². The minimum Gasteiger partial charge on any atom is -0.350 e. The maximum absolute atomic E-state index is 12.5. The van der Waals surface area contributed by atoms with Crippen molar-refractivity contribution in [1.29, 1.82) is 0 Å². The second-order valence-corrected chi connectivity index (χ2v) is 8.55. The number of thiophene rings is 1. The third-order valence-electron chi connectivity index (χ3n) is 3.91. The van der Waals surface area contributed by atoms with Crippen LogP contribution in [0.2, 0.25) is 0 Å². The smallest absolute Gasteiger partial charge is 0.241 e. The summed E-state index contributed by atoms with van der Waals surface area (Å²) in [6.45, 7) is 3.49. The molecule has 20 heavy (non-hydrogen) atoms. The van der Waals surface area contributed by atoms with Crippen molar-refractivity contribution >= 4 is 27.1 Å². The zero-order chi connectivity index (χ0) is 14.8. The van der Waals surface area contributed by atoms with Crippen molar-refractivity contribution in [3.63, 3.8) is 0 Å². The molecule has 1 fully saturated rings. The Labute approximate surface area is 123 Å². The Morgan fingerprint density at radius 3 is 2.60 bits per heavy atom. The van der Waals surface area contributed by atoms with E-state index in [1.165, 1.54) is 0 Å². The maximum atomic E-state index is 12.5. The summed E-state index contributed by atoms with van der Waals surface area (Å²) in [6.07, 6.45) is 1.83. The first-order valence-corrected chi connectivity index (χ1v) is 9.35. The van der Waals surface area contributed by atoms with Gasteiger partial charge >= 0.3 is 0 Å². The van der Waals surface area contributed by atoms with Gasteiger partial charge < -0.3 is 10.6 Å². The molecule has 0 aromatic carbocycles. The van der Waals surface area contributed by atoms with Crippen LogP contribution in [0, 0.1) is 6.92 Å². The van der Waals surface area contributed by atoms with Crippen LogP contribution in [0.15, 0.2) is 11.4 Å². The van der Waals surface area contributed by atoms with Gasteiger partial charge in [0.15, 0.2) is 14.6 Å². The van der Waals surface area contributed by atoms with Gasteiger partial charge in [-0.05, 0) is 49.9 Å². The first-order chi connectivity index (χ1) is 9.37. The Kier molecular flexibility index (Phi) is 4.51. The molecule has 0 atom stereocenters. The molecule has 2 N–H and O–H groups in total. The van der Waals surface area contributed by atoms with E-state index in [2.05, 4.69) is 10.6 Å². The van der Waals surface area contributed by atoms with Gasteiger partial charge in [-0.1, -0.05) is 0 Å². The highest BCUT2D eigenvalue weighted by Gasteiger charge is 2.48. The molecule has 5 nitrogen and oxygen atoms in total. The van der Waals surface area contributed by atoms with Crippen LogP contribution < -0.4 is 10.6 Å². The predicted octanol–water partition coefficient (Wildman–Crippen LogP) is 0.840. The number of hydrogen-bond donors (Lipinski definition) is 2. The molecule has 2 rings (SSSR count). The second-order valence-electron chi connectivity index (χ2n) is 5.23. The van der Waals surface area contributed by atoms with Gasteiger partial charge in [0.25, 0.3) is 0 Å². The monoisotopic (exact) mass is 316 g/mol. The topological polar surface area (TPSA) is 75.3 Å². The van der Waals surface area contributed by atoms with Gasteiger partial charge in [0.1, 0.15) is 0 Å². The van der Waals surface area contributed by atoms with Gasteiger partial charge in [-0.2, -0.15) is 0 Å². The standard InChI is InChI=1S/C13H20N2O3S2/c1-10-3-8-19-11(10)9-15-12(16)13(20(2,17)18)4-6-14-7-5-13/h3,8,14H,4-7,9H2,1-2H3,(H,15,16). The highest BCUT2D eigenvalue weighted by Crippen LogP contribution is 2.28. The highest BCUT2D eigenvalue weighted by atomic mass is 32.2. The van der Waals surface area contributed by atoms with Gasteiger partial charge in [0.2, 0.25) is 5.91 Å². The Morgan fingerprint density at radius 2 is 2.10 bits per heavy atom. The molecule has 0 radical (unpaired) electrons. The van der Waals surface area contributed by atoms with Crippen LogP contribution in [-0.4, -0.2) is 38.4 Å². The fraction of sp³-hybridized carbons (Fsp3) is 0.615. The second kappa shape index (κ2) is 5.83. The van der Waals surface area contributed by atoms with Gasteiger partial charge in [0, 0.05) is 11.1 Å². The Hall–Kier alpha value is -0.920. The summed E-state index contributed by atoms with van der Waals surface area (Å²) in [5.74, 6) is -0.366. The molecule has 1 aliphatic heterocycles. The molecule has 1 saturated heterocycles. The number of amides is 1. The molecule has 2 heterocycles. The molecule has 112 valence electrons. The fourth-order valence-corrected chi connectivity index (χ4v) is 4.70. The van der Waals surface area contributed by atoms with Gasteiger partial charge in [-0.3, -0.25) is 4.79 Å². The van der Waals surface area contributed by atoms with E-state index in [1.54, 1.807) is 11.3 Å². The molecule has 0 saturated carbocycles. The lowest BCUT2D eigenvalue weighted by Gasteiger charge is -2.34. The number of sulfone groups is 1. The Morgan fingerprint density at radius 1 is 1.45 bits per heavy atom. The number of rotatable bonds is 4. The van der Waals surface area contributed by atoms with Crippen molar-refractivity contribution in [3.8, 4) is 0 Å².